The monoisotopic (exact) mass is 453 g/mol. The number of urea groups is 1. The number of nitrogens with one attached hydrogen (secondary N) is 3. The van der Waals surface area contributed by atoms with Crippen molar-refractivity contribution < 1.29 is 17.9 Å². The lowest BCUT2D eigenvalue weighted by molar-refractivity contribution is 0.184. The minimum Gasteiger partial charge on any atom is -0.475 e. The number of rotatable bonds is 7. The number of nitrogens with zero attached hydrogens (tertiary/aromatic N) is 4. The van der Waals surface area contributed by atoms with E-state index in [0.717, 1.165) is 5.69 Å². The van der Waals surface area contributed by atoms with Crippen LogP contribution in [0.5, 0.6) is 5.88 Å². The molecule has 0 saturated carbocycles. The van der Waals surface area contributed by atoms with Crippen molar-refractivity contribution in [3.8, 4) is 5.88 Å². The number of likely N-dealkylation sites (N-methyl/N-ethyl adjacent to an activating group) is 1. The average Bonchev–Trinajstić information content (AvgIpc) is 3.28. The number of fused-ring (bicyclic) bond motifs is 1. The zero-order chi connectivity index (χ0) is 22.9. The van der Waals surface area contributed by atoms with E-state index in [-0.39, 0.29) is 28.7 Å². The Morgan fingerprint density at radius 2 is 2.00 bits per heavy atom. The van der Waals surface area contributed by atoms with Crippen LogP contribution in [0.1, 0.15) is 57.8 Å². The Bertz CT molecular complexity index is 1060. The number of ether oxygens (including phenoxy) is 1. The Balaban J connectivity index is 1.85. The minimum atomic E-state index is -4.18. The second-order valence-electron chi connectivity index (χ2n) is 8.12. The van der Waals surface area contributed by atoms with Crippen LogP contribution < -0.4 is 20.1 Å². The standard InChI is InChI=1S/C19H31N7O4S/c1-7-25-17(12(4)5)16(15(23-25)11(2)3)22-19(27)24-31(28,29)14-8-21-26-9-13(20-6)10-30-18(14)26/h8,11-13,20H,7,9-10H2,1-6H3,(H2,22,24,27)/t13-/m0/s1. The lowest BCUT2D eigenvalue weighted by Crippen LogP contribution is -2.40. The third-order valence-electron chi connectivity index (χ3n) is 5.15. The number of hydrogen-bond donors (Lipinski definition) is 3. The molecule has 0 aromatic carbocycles. The predicted molar refractivity (Wildman–Crippen MR) is 116 cm³/mol. The zero-order valence-corrected chi connectivity index (χ0v) is 19.6. The molecule has 2 aromatic rings. The van der Waals surface area contributed by atoms with E-state index in [0.29, 0.717) is 31.1 Å². The molecule has 2 amide bonds. The summed E-state index contributed by atoms with van der Waals surface area (Å²) in [6.07, 6.45) is 1.19. The van der Waals surface area contributed by atoms with Crippen LogP contribution in [0.4, 0.5) is 10.5 Å². The topological polar surface area (TPSA) is 132 Å². The normalized spacial score (nSPS) is 16.3. The van der Waals surface area contributed by atoms with Crippen LogP contribution in [0.15, 0.2) is 11.1 Å². The van der Waals surface area contributed by atoms with E-state index in [2.05, 4.69) is 25.6 Å². The van der Waals surface area contributed by atoms with Gasteiger partial charge in [-0.3, -0.25) is 4.68 Å². The third-order valence-corrected chi connectivity index (χ3v) is 6.46. The Kier molecular flexibility index (Phi) is 6.60. The van der Waals surface area contributed by atoms with Crippen molar-refractivity contribution in [1.82, 2.24) is 29.6 Å². The van der Waals surface area contributed by atoms with Crippen molar-refractivity contribution in [1.29, 1.82) is 0 Å². The van der Waals surface area contributed by atoms with Gasteiger partial charge in [-0.2, -0.15) is 10.2 Å². The Morgan fingerprint density at radius 1 is 1.29 bits per heavy atom. The molecule has 0 fully saturated rings. The summed E-state index contributed by atoms with van der Waals surface area (Å²) in [5.41, 5.74) is 2.11. The molecule has 12 heteroatoms. The van der Waals surface area contributed by atoms with Gasteiger partial charge in [0.05, 0.1) is 35.9 Å². The molecular weight excluding hydrogens is 422 g/mol. The molecule has 0 unspecified atom stereocenters. The maximum Gasteiger partial charge on any atom is 0.333 e. The Hall–Kier alpha value is -2.60. The summed E-state index contributed by atoms with van der Waals surface area (Å²) in [6.45, 7) is 11.3. The number of anilines is 1. The molecule has 0 spiro atoms. The minimum absolute atomic E-state index is 0.0261. The van der Waals surface area contributed by atoms with E-state index < -0.39 is 16.1 Å². The summed E-state index contributed by atoms with van der Waals surface area (Å²) in [5.74, 6) is 0.257. The molecule has 11 nitrogen and oxygen atoms in total. The smallest absolute Gasteiger partial charge is 0.333 e. The zero-order valence-electron chi connectivity index (χ0n) is 18.8. The van der Waals surface area contributed by atoms with Crippen molar-refractivity contribution >= 4 is 21.7 Å². The van der Waals surface area contributed by atoms with Crippen LogP contribution in [-0.2, 0) is 23.1 Å². The van der Waals surface area contributed by atoms with Crippen molar-refractivity contribution in [3.05, 3.63) is 17.6 Å². The van der Waals surface area contributed by atoms with Gasteiger partial charge in [-0.05, 0) is 25.8 Å². The van der Waals surface area contributed by atoms with E-state index in [4.69, 9.17) is 4.74 Å². The molecule has 1 atom stereocenters. The molecule has 0 saturated heterocycles. The summed E-state index contributed by atoms with van der Waals surface area (Å²) in [7, 11) is -2.39. The number of amides is 2. The van der Waals surface area contributed by atoms with E-state index in [1.807, 2.05) is 39.3 Å². The van der Waals surface area contributed by atoms with Crippen molar-refractivity contribution in [3.63, 3.8) is 0 Å². The van der Waals surface area contributed by atoms with Gasteiger partial charge in [-0.1, -0.05) is 27.7 Å². The first-order chi connectivity index (χ1) is 14.6. The Morgan fingerprint density at radius 3 is 2.58 bits per heavy atom. The molecule has 2 aromatic heterocycles. The van der Waals surface area contributed by atoms with Crippen LogP contribution in [0.2, 0.25) is 0 Å². The second-order valence-corrected chi connectivity index (χ2v) is 9.77. The third kappa shape index (κ3) is 4.54. The molecule has 172 valence electrons. The lowest BCUT2D eigenvalue weighted by Gasteiger charge is -2.24. The molecule has 1 aliphatic heterocycles. The van der Waals surface area contributed by atoms with Gasteiger partial charge in [0.2, 0.25) is 5.88 Å². The van der Waals surface area contributed by atoms with Crippen LogP contribution in [0.25, 0.3) is 0 Å². The molecule has 3 heterocycles. The van der Waals surface area contributed by atoms with Crippen molar-refractivity contribution in [2.24, 2.45) is 0 Å². The first-order valence-electron chi connectivity index (χ1n) is 10.4. The van der Waals surface area contributed by atoms with E-state index in [1.165, 1.54) is 10.9 Å². The lowest BCUT2D eigenvalue weighted by atomic mass is 10.0. The van der Waals surface area contributed by atoms with Crippen LogP contribution in [-0.4, -0.2) is 53.7 Å². The van der Waals surface area contributed by atoms with Crippen LogP contribution in [0, 0.1) is 0 Å². The highest BCUT2D eigenvalue weighted by Crippen LogP contribution is 2.32. The molecule has 1 aliphatic rings. The summed E-state index contributed by atoms with van der Waals surface area (Å²) in [5, 5.41) is 14.5. The van der Waals surface area contributed by atoms with Gasteiger partial charge in [-0.15, -0.1) is 0 Å². The Labute approximate surface area is 182 Å². The van der Waals surface area contributed by atoms with Crippen LogP contribution >= 0.6 is 0 Å². The number of hydrogen-bond acceptors (Lipinski definition) is 7. The van der Waals surface area contributed by atoms with E-state index >= 15 is 0 Å². The maximum atomic E-state index is 12.9. The SMILES string of the molecule is CCn1nc(C(C)C)c(NC(=O)NS(=O)(=O)c2cnn3c2OC[C@@H](NC)C3)c1C(C)C. The van der Waals surface area contributed by atoms with Crippen LogP contribution in [0.3, 0.4) is 0 Å². The van der Waals surface area contributed by atoms with Gasteiger partial charge >= 0.3 is 6.03 Å². The average molecular weight is 454 g/mol. The number of carbonyl (C=O) groups excluding carboxylic acids is 1. The van der Waals surface area contributed by atoms with Crippen molar-refractivity contribution in [2.45, 2.75) is 70.5 Å². The highest BCUT2D eigenvalue weighted by molar-refractivity contribution is 7.90. The molecule has 3 N–H and O–H groups in total. The van der Waals surface area contributed by atoms with Gasteiger partial charge in [0.25, 0.3) is 10.0 Å². The predicted octanol–water partition coefficient (Wildman–Crippen LogP) is 1.84. The fourth-order valence-electron chi connectivity index (χ4n) is 3.60. The maximum absolute atomic E-state index is 12.9. The number of aryl methyl sites for hydroxylation is 1. The first-order valence-corrected chi connectivity index (χ1v) is 11.9. The van der Waals surface area contributed by atoms with Gasteiger partial charge in [-0.25, -0.2) is 22.6 Å². The molecule has 3 rings (SSSR count). The van der Waals surface area contributed by atoms with Gasteiger partial charge < -0.3 is 15.4 Å². The van der Waals surface area contributed by atoms with E-state index in [9.17, 15) is 13.2 Å². The summed E-state index contributed by atoms with van der Waals surface area (Å²) in [4.78, 5) is 12.5. The summed E-state index contributed by atoms with van der Waals surface area (Å²) < 4.78 is 36.7. The van der Waals surface area contributed by atoms with Gasteiger partial charge in [0, 0.05) is 6.54 Å². The van der Waals surface area contributed by atoms with E-state index in [1.54, 1.807) is 7.05 Å². The summed E-state index contributed by atoms with van der Waals surface area (Å²) >= 11 is 0. The summed E-state index contributed by atoms with van der Waals surface area (Å²) in [6, 6.07) is -0.832. The number of carbonyl (C=O) groups is 1. The van der Waals surface area contributed by atoms with Crippen molar-refractivity contribution in [2.75, 3.05) is 19.0 Å². The first kappa shape index (κ1) is 23.1. The fourth-order valence-corrected chi connectivity index (χ4v) is 4.59. The molecule has 0 bridgehead atoms. The quantitative estimate of drug-likeness (QED) is 0.583. The van der Waals surface area contributed by atoms with Gasteiger partial charge in [0.15, 0.2) is 4.90 Å². The molecule has 0 radical (unpaired) electrons. The number of aromatic nitrogens is 4. The highest BCUT2D eigenvalue weighted by Gasteiger charge is 2.31. The largest absolute Gasteiger partial charge is 0.475 e. The molecule has 31 heavy (non-hydrogen) atoms. The second kappa shape index (κ2) is 8.87. The molecule has 0 aliphatic carbocycles. The molecular formula is C19H31N7O4S. The highest BCUT2D eigenvalue weighted by atomic mass is 32.2. The fraction of sp³-hybridized carbons (Fsp3) is 0.632. The number of sulfonamides is 1. The van der Waals surface area contributed by atoms with Gasteiger partial charge in [0.1, 0.15) is 6.61 Å².